The van der Waals surface area contributed by atoms with E-state index in [2.05, 4.69) is 13.8 Å². The molecule has 6 nitrogen and oxygen atoms in total. The van der Waals surface area contributed by atoms with Crippen LogP contribution < -0.4 is 4.90 Å². The summed E-state index contributed by atoms with van der Waals surface area (Å²) in [6.07, 6.45) is 2.86. The van der Waals surface area contributed by atoms with Gasteiger partial charge >= 0.3 is 0 Å². The number of rotatable bonds is 5. The quantitative estimate of drug-likeness (QED) is 0.783. The molecular formula is C21H32N3O3S+. The fraction of sp³-hybridized carbons (Fsp3) is 0.571. The Morgan fingerprint density at radius 3 is 2.29 bits per heavy atom. The predicted octanol–water partition coefficient (Wildman–Crippen LogP) is 0.692. The Bertz CT molecular complexity index is 776. The standard InChI is InChI=1S/C21H31N3O3S/c1-18-14-19(2)16-22(15-18)17-21(25)23-9-11-24(12-10-23)28(26,27)13-8-20-6-4-3-5-7-20/h3-8,13,18-19H,9-12,14-17H2,1-2H3/p+1/b13-8+/t18-,19-/m1/s1. The number of carbonyl (C=O) groups is 1. The first-order chi connectivity index (χ1) is 13.3. The number of sulfonamides is 1. The normalized spacial score (nSPS) is 27.2. The molecule has 2 aliphatic heterocycles. The molecule has 0 saturated carbocycles. The minimum Gasteiger partial charge on any atom is -0.335 e. The fourth-order valence-electron chi connectivity index (χ4n) is 4.40. The minimum absolute atomic E-state index is 0.146. The Kier molecular flexibility index (Phi) is 6.91. The predicted molar refractivity (Wildman–Crippen MR) is 111 cm³/mol. The van der Waals surface area contributed by atoms with Gasteiger partial charge in [0, 0.05) is 43.4 Å². The highest BCUT2D eigenvalue weighted by atomic mass is 32.2. The number of hydrogen-bond donors (Lipinski definition) is 1. The average molecular weight is 407 g/mol. The lowest BCUT2D eigenvalue weighted by Crippen LogP contribution is -3.15. The number of quaternary nitrogens is 1. The molecule has 2 saturated heterocycles. The highest BCUT2D eigenvalue weighted by molar-refractivity contribution is 7.92. The summed E-state index contributed by atoms with van der Waals surface area (Å²) in [5.41, 5.74) is 0.854. The van der Waals surface area contributed by atoms with Gasteiger partial charge in [-0.1, -0.05) is 44.2 Å². The maximum atomic E-state index is 12.7. The first-order valence-electron chi connectivity index (χ1n) is 10.2. The maximum Gasteiger partial charge on any atom is 0.277 e. The molecule has 0 spiro atoms. The van der Waals surface area contributed by atoms with Crippen LogP contribution in [0.5, 0.6) is 0 Å². The van der Waals surface area contributed by atoms with E-state index in [1.165, 1.54) is 21.0 Å². The molecule has 2 heterocycles. The summed E-state index contributed by atoms with van der Waals surface area (Å²) in [6, 6.07) is 9.39. The van der Waals surface area contributed by atoms with E-state index in [4.69, 9.17) is 0 Å². The lowest BCUT2D eigenvalue weighted by molar-refractivity contribution is -0.904. The van der Waals surface area contributed by atoms with Crippen LogP contribution in [0.15, 0.2) is 35.7 Å². The number of benzene rings is 1. The molecule has 3 rings (SSSR count). The third kappa shape index (κ3) is 5.65. The van der Waals surface area contributed by atoms with Crippen LogP contribution in [0.25, 0.3) is 6.08 Å². The van der Waals surface area contributed by atoms with Crippen molar-refractivity contribution in [2.24, 2.45) is 11.8 Å². The Balaban J connectivity index is 1.50. The van der Waals surface area contributed by atoms with Crippen molar-refractivity contribution in [3.63, 3.8) is 0 Å². The van der Waals surface area contributed by atoms with Gasteiger partial charge in [-0.3, -0.25) is 4.79 Å². The van der Waals surface area contributed by atoms with E-state index < -0.39 is 10.0 Å². The first kappa shape index (κ1) is 21.0. The highest BCUT2D eigenvalue weighted by Crippen LogP contribution is 2.13. The third-order valence-electron chi connectivity index (χ3n) is 5.66. The first-order valence-corrected chi connectivity index (χ1v) is 11.7. The van der Waals surface area contributed by atoms with Crippen LogP contribution in [0, 0.1) is 11.8 Å². The molecule has 0 aliphatic carbocycles. The van der Waals surface area contributed by atoms with Crippen molar-refractivity contribution in [1.29, 1.82) is 0 Å². The van der Waals surface area contributed by atoms with Crippen LogP contribution in [0.2, 0.25) is 0 Å². The van der Waals surface area contributed by atoms with Crippen molar-refractivity contribution in [3.8, 4) is 0 Å². The van der Waals surface area contributed by atoms with Gasteiger partial charge in [-0.05, 0) is 18.1 Å². The zero-order chi connectivity index (χ0) is 20.1. The van der Waals surface area contributed by atoms with Gasteiger partial charge in [-0.2, -0.15) is 4.31 Å². The zero-order valence-corrected chi connectivity index (χ0v) is 17.7. The van der Waals surface area contributed by atoms with E-state index in [1.807, 2.05) is 35.2 Å². The van der Waals surface area contributed by atoms with Gasteiger partial charge in [-0.15, -0.1) is 0 Å². The van der Waals surface area contributed by atoms with Gasteiger partial charge in [0.1, 0.15) is 0 Å². The monoisotopic (exact) mass is 406 g/mol. The van der Waals surface area contributed by atoms with E-state index in [1.54, 1.807) is 6.08 Å². The van der Waals surface area contributed by atoms with Crippen LogP contribution in [0.4, 0.5) is 0 Å². The van der Waals surface area contributed by atoms with Gasteiger partial charge in [0.25, 0.3) is 5.91 Å². The molecule has 2 aliphatic rings. The number of likely N-dealkylation sites (tertiary alicyclic amines) is 1. The second-order valence-electron chi connectivity index (χ2n) is 8.32. The average Bonchev–Trinajstić information content (AvgIpc) is 2.66. The van der Waals surface area contributed by atoms with Crippen LogP contribution >= 0.6 is 0 Å². The zero-order valence-electron chi connectivity index (χ0n) is 16.9. The van der Waals surface area contributed by atoms with Gasteiger partial charge in [-0.25, -0.2) is 8.42 Å². The largest absolute Gasteiger partial charge is 0.335 e. The van der Waals surface area contributed by atoms with E-state index >= 15 is 0 Å². The summed E-state index contributed by atoms with van der Waals surface area (Å²) in [5.74, 6) is 1.46. The SMILES string of the molecule is C[C@@H]1C[C@@H](C)C[NH+](CC(=O)N2CCN(S(=O)(=O)/C=C/c3ccccc3)CC2)C1. The maximum absolute atomic E-state index is 12.7. The number of amides is 1. The van der Waals surface area contributed by atoms with E-state index in [0.717, 1.165) is 18.7 Å². The summed E-state index contributed by atoms with van der Waals surface area (Å²) in [6.45, 7) is 8.79. The molecule has 7 heteroatoms. The van der Waals surface area contributed by atoms with Crippen molar-refractivity contribution in [2.75, 3.05) is 45.8 Å². The molecule has 0 bridgehead atoms. The fourth-order valence-corrected chi connectivity index (χ4v) is 5.57. The molecule has 0 radical (unpaired) electrons. The van der Waals surface area contributed by atoms with Crippen molar-refractivity contribution < 1.29 is 18.1 Å². The summed E-state index contributed by atoms with van der Waals surface area (Å²) in [4.78, 5) is 15.9. The smallest absolute Gasteiger partial charge is 0.277 e. The van der Waals surface area contributed by atoms with Crippen LogP contribution in [0.3, 0.4) is 0 Å². The Labute approximate surface area is 168 Å². The van der Waals surface area contributed by atoms with Gasteiger partial charge in [0.2, 0.25) is 10.0 Å². The molecule has 154 valence electrons. The minimum atomic E-state index is -3.46. The number of carbonyl (C=O) groups excluding carboxylic acids is 1. The molecule has 2 fully saturated rings. The summed E-state index contributed by atoms with van der Waals surface area (Å²) < 4.78 is 26.6. The molecule has 1 aromatic carbocycles. The number of nitrogens with zero attached hydrogens (tertiary/aromatic N) is 2. The van der Waals surface area contributed by atoms with Gasteiger partial charge in [0.15, 0.2) is 6.54 Å². The number of hydrogen-bond acceptors (Lipinski definition) is 3. The number of nitrogens with one attached hydrogen (secondary N) is 1. The summed E-state index contributed by atoms with van der Waals surface area (Å²) in [7, 11) is -3.46. The van der Waals surface area contributed by atoms with Gasteiger partial charge < -0.3 is 9.80 Å². The second kappa shape index (κ2) is 9.20. The Morgan fingerprint density at radius 1 is 1.07 bits per heavy atom. The molecule has 0 unspecified atom stereocenters. The molecule has 2 atom stereocenters. The number of piperazine rings is 1. The third-order valence-corrected chi connectivity index (χ3v) is 7.23. The van der Waals surface area contributed by atoms with Crippen molar-refractivity contribution in [2.45, 2.75) is 20.3 Å². The van der Waals surface area contributed by atoms with Crippen LogP contribution in [0.1, 0.15) is 25.8 Å². The number of piperidine rings is 1. The molecule has 1 N–H and O–H groups in total. The van der Waals surface area contributed by atoms with E-state index in [-0.39, 0.29) is 5.91 Å². The topological polar surface area (TPSA) is 62.1 Å². The lowest BCUT2D eigenvalue weighted by Gasteiger charge is -2.36. The van der Waals surface area contributed by atoms with E-state index in [9.17, 15) is 13.2 Å². The van der Waals surface area contributed by atoms with E-state index in [0.29, 0.717) is 44.6 Å². The van der Waals surface area contributed by atoms with Crippen LogP contribution in [-0.2, 0) is 14.8 Å². The molecular weight excluding hydrogens is 374 g/mol. The van der Waals surface area contributed by atoms with Gasteiger partial charge in [0.05, 0.1) is 13.1 Å². The molecule has 1 amide bonds. The van der Waals surface area contributed by atoms with Crippen molar-refractivity contribution in [1.82, 2.24) is 9.21 Å². The lowest BCUT2D eigenvalue weighted by atomic mass is 9.92. The van der Waals surface area contributed by atoms with Crippen LogP contribution in [-0.4, -0.2) is 69.3 Å². The molecule has 0 aromatic heterocycles. The summed E-state index contributed by atoms with van der Waals surface area (Å²) in [5, 5.41) is 1.26. The Morgan fingerprint density at radius 2 is 1.68 bits per heavy atom. The molecule has 1 aromatic rings. The Hall–Kier alpha value is -1.70. The van der Waals surface area contributed by atoms with Crippen molar-refractivity contribution in [3.05, 3.63) is 41.3 Å². The van der Waals surface area contributed by atoms with Crippen molar-refractivity contribution >= 4 is 22.0 Å². The summed E-state index contributed by atoms with van der Waals surface area (Å²) >= 11 is 0. The second-order valence-corrected chi connectivity index (χ2v) is 10.1. The molecule has 28 heavy (non-hydrogen) atoms. The highest BCUT2D eigenvalue weighted by Gasteiger charge is 2.31.